The number of hydrogen-bond acceptors (Lipinski definition) is 3. The van der Waals surface area contributed by atoms with Crippen LogP contribution in [0.1, 0.15) is 20.8 Å². The van der Waals surface area contributed by atoms with Crippen LogP contribution < -0.4 is 10.6 Å². The second kappa shape index (κ2) is 4.46. The molecule has 3 rings (SSSR count). The van der Waals surface area contributed by atoms with Crippen molar-refractivity contribution in [2.45, 2.75) is 13.0 Å². The highest BCUT2D eigenvalue weighted by Crippen LogP contribution is 2.29. The third kappa shape index (κ3) is 1.99. The van der Waals surface area contributed by atoms with Crippen LogP contribution in [0.3, 0.4) is 0 Å². The van der Waals surface area contributed by atoms with Crippen molar-refractivity contribution in [3.8, 4) is 0 Å². The smallest absolute Gasteiger partial charge is 0.249 e. The Morgan fingerprint density at radius 1 is 1.39 bits per heavy atom. The lowest BCUT2D eigenvalue weighted by Gasteiger charge is -2.18. The number of nitrogens with zero attached hydrogens (tertiary/aromatic N) is 1. The van der Waals surface area contributed by atoms with E-state index in [1.54, 1.807) is 11.3 Å². The quantitative estimate of drug-likeness (QED) is 0.919. The van der Waals surface area contributed by atoms with Crippen LogP contribution in [0.5, 0.6) is 0 Å². The molecular weight excluding hydrogens is 244 g/mol. The standard InChI is InChI=1S/C14H14N2OS/c15-14(17)11-7-12(18-9-11)8-16-6-5-10-3-1-2-4-13(10)16/h1-4,7,9H,5-6,8H2,(H2,15,17). The number of benzene rings is 1. The van der Waals surface area contributed by atoms with Crippen molar-refractivity contribution in [1.82, 2.24) is 0 Å². The molecule has 0 aliphatic carbocycles. The molecule has 2 N–H and O–H groups in total. The fourth-order valence-electron chi connectivity index (χ4n) is 2.35. The first-order valence-corrected chi connectivity index (χ1v) is 6.82. The van der Waals surface area contributed by atoms with Crippen molar-refractivity contribution in [3.63, 3.8) is 0 Å². The molecule has 2 aromatic rings. The molecule has 0 atom stereocenters. The van der Waals surface area contributed by atoms with Crippen LogP contribution in [0.25, 0.3) is 0 Å². The van der Waals surface area contributed by atoms with Gasteiger partial charge in [0.1, 0.15) is 0 Å². The number of thiophene rings is 1. The summed E-state index contributed by atoms with van der Waals surface area (Å²) >= 11 is 1.60. The summed E-state index contributed by atoms with van der Waals surface area (Å²) in [4.78, 5) is 14.6. The van der Waals surface area contributed by atoms with Crippen molar-refractivity contribution >= 4 is 22.9 Å². The first kappa shape index (κ1) is 11.3. The maximum atomic E-state index is 11.1. The first-order valence-electron chi connectivity index (χ1n) is 5.94. The van der Waals surface area contributed by atoms with Crippen molar-refractivity contribution in [2.75, 3.05) is 11.4 Å². The number of amides is 1. The van der Waals surface area contributed by atoms with Crippen molar-refractivity contribution in [2.24, 2.45) is 5.73 Å². The van der Waals surface area contributed by atoms with E-state index in [1.807, 2.05) is 11.4 Å². The van der Waals surface area contributed by atoms with Crippen LogP contribution in [-0.4, -0.2) is 12.5 Å². The second-order valence-corrected chi connectivity index (χ2v) is 5.46. The molecule has 0 fully saturated rings. The highest BCUT2D eigenvalue weighted by molar-refractivity contribution is 7.10. The summed E-state index contributed by atoms with van der Waals surface area (Å²) < 4.78 is 0. The molecule has 1 aromatic heterocycles. The van der Waals surface area contributed by atoms with Gasteiger partial charge in [0, 0.05) is 22.5 Å². The molecule has 0 unspecified atom stereocenters. The fraction of sp³-hybridized carbons (Fsp3) is 0.214. The number of nitrogens with two attached hydrogens (primary N) is 1. The van der Waals surface area contributed by atoms with Gasteiger partial charge in [0.25, 0.3) is 0 Å². The van der Waals surface area contributed by atoms with Gasteiger partial charge in [0.2, 0.25) is 5.91 Å². The number of hydrogen-bond donors (Lipinski definition) is 1. The summed E-state index contributed by atoms with van der Waals surface area (Å²) in [5.74, 6) is -0.348. The van der Waals surface area contributed by atoms with Gasteiger partial charge in [-0.3, -0.25) is 4.79 Å². The predicted octanol–water partition coefficient (Wildman–Crippen LogP) is 2.41. The van der Waals surface area contributed by atoms with Crippen molar-refractivity contribution in [1.29, 1.82) is 0 Å². The number of fused-ring (bicyclic) bond motifs is 1. The number of para-hydroxylation sites is 1. The maximum absolute atomic E-state index is 11.1. The van der Waals surface area contributed by atoms with Crippen LogP contribution in [0.2, 0.25) is 0 Å². The fourth-order valence-corrected chi connectivity index (χ4v) is 3.24. The van der Waals surface area contributed by atoms with Gasteiger partial charge in [0.15, 0.2) is 0 Å². The van der Waals surface area contributed by atoms with E-state index in [-0.39, 0.29) is 5.91 Å². The molecule has 92 valence electrons. The highest BCUT2D eigenvalue weighted by Gasteiger charge is 2.19. The monoisotopic (exact) mass is 258 g/mol. The normalized spacial score (nSPS) is 13.7. The maximum Gasteiger partial charge on any atom is 0.249 e. The average Bonchev–Trinajstić information content (AvgIpc) is 2.98. The Balaban J connectivity index is 1.80. The Hall–Kier alpha value is -1.81. The summed E-state index contributed by atoms with van der Waals surface area (Å²) in [5.41, 5.74) is 8.60. The highest BCUT2D eigenvalue weighted by atomic mass is 32.1. The lowest BCUT2D eigenvalue weighted by molar-refractivity contribution is 0.100. The predicted molar refractivity (Wildman–Crippen MR) is 74.0 cm³/mol. The molecule has 1 aromatic carbocycles. The van der Waals surface area contributed by atoms with E-state index in [2.05, 4.69) is 29.2 Å². The average molecular weight is 258 g/mol. The summed E-state index contributed by atoms with van der Waals surface area (Å²) in [6.07, 6.45) is 1.10. The van der Waals surface area contributed by atoms with E-state index >= 15 is 0 Å². The molecule has 0 bridgehead atoms. The number of primary amides is 1. The number of carbonyl (C=O) groups excluding carboxylic acids is 1. The molecule has 0 saturated carbocycles. The largest absolute Gasteiger partial charge is 0.366 e. The molecule has 2 heterocycles. The zero-order chi connectivity index (χ0) is 12.5. The molecule has 4 heteroatoms. The van der Waals surface area contributed by atoms with Gasteiger partial charge in [-0.1, -0.05) is 18.2 Å². The van der Waals surface area contributed by atoms with Gasteiger partial charge in [-0.2, -0.15) is 0 Å². The third-order valence-corrected chi connectivity index (χ3v) is 4.19. The van der Waals surface area contributed by atoms with E-state index < -0.39 is 0 Å². The summed E-state index contributed by atoms with van der Waals surface area (Å²) in [6, 6.07) is 10.4. The number of anilines is 1. The lowest BCUT2D eigenvalue weighted by Crippen LogP contribution is -2.19. The van der Waals surface area contributed by atoms with E-state index in [0.717, 1.165) is 19.5 Å². The lowest BCUT2D eigenvalue weighted by atomic mass is 10.2. The first-order chi connectivity index (χ1) is 8.74. The Labute approximate surface area is 110 Å². The van der Waals surface area contributed by atoms with Crippen LogP contribution >= 0.6 is 11.3 Å². The minimum absolute atomic E-state index is 0.348. The van der Waals surface area contributed by atoms with Crippen LogP contribution in [0, 0.1) is 0 Å². The Kier molecular flexibility index (Phi) is 2.80. The molecule has 3 nitrogen and oxygen atoms in total. The Bertz CT molecular complexity index is 591. The molecule has 1 aliphatic heterocycles. The van der Waals surface area contributed by atoms with E-state index in [1.165, 1.54) is 16.1 Å². The van der Waals surface area contributed by atoms with E-state index in [0.29, 0.717) is 5.56 Å². The summed E-state index contributed by atoms with van der Waals surface area (Å²) in [6.45, 7) is 1.90. The SMILES string of the molecule is NC(=O)c1csc(CN2CCc3ccccc32)c1. The molecule has 1 aliphatic rings. The molecular formula is C14H14N2OS. The van der Waals surface area contributed by atoms with Gasteiger partial charge in [-0.25, -0.2) is 0 Å². The molecule has 1 amide bonds. The minimum atomic E-state index is -0.348. The van der Waals surface area contributed by atoms with Gasteiger partial charge in [0.05, 0.1) is 12.1 Å². The molecule has 0 radical (unpaired) electrons. The summed E-state index contributed by atoms with van der Waals surface area (Å²) in [5, 5.41) is 1.83. The summed E-state index contributed by atoms with van der Waals surface area (Å²) in [7, 11) is 0. The Morgan fingerprint density at radius 3 is 3.00 bits per heavy atom. The number of carbonyl (C=O) groups is 1. The van der Waals surface area contributed by atoms with Crippen LogP contribution in [-0.2, 0) is 13.0 Å². The zero-order valence-corrected chi connectivity index (χ0v) is 10.7. The molecule has 18 heavy (non-hydrogen) atoms. The second-order valence-electron chi connectivity index (χ2n) is 4.47. The van der Waals surface area contributed by atoms with Gasteiger partial charge < -0.3 is 10.6 Å². The van der Waals surface area contributed by atoms with Crippen molar-refractivity contribution in [3.05, 3.63) is 51.7 Å². The van der Waals surface area contributed by atoms with Crippen LogP contribution in [0.4, 0.5) is 5.69 Å². The van der Waals surface area contributed by atoms with Gasteiger partial charge in [-0.05, 0) is 24.1 Å². The van der Waals surface area contributed by atoms with Gasteiger partial charge in [-0.15, -0.1) is 11.3 Å². The van der Waals surface area contributed by atoms with Gasteiger partial charge >= 0.3 is 0 Å². The van der Waals surface area contributed by atoms with E-state index in [4.69, 9.17) is 5.73 Å². The molecule has 0 spiro atoms. The van der Waals surface area contributed by atoms with E-state index in [9.17, 15) is 4.79 Å². The zero-order valence-electron chi connectivity index (χ0n) is 9.93. The third-order valence-electron chi connectivity index (χ3n) is 3.27. The minimum Gasteiger partial charge on any atom is -0.366 e. The van der Waals surface area contributed by atoms with Crippen molar-refractivity contribution < 1.29 is 4.79 Å². The van der Waals surface area contributed by atoms with Crippen LogP contribution in [0.15, 0.2) is 35.7 Å². The number of rotatable bonds is 3. The topological polar surface area (TPSA) is 46.3 Å². The molecule has 0 saturated heterocycles. The Morgan fingerprint density at radius 2 is 2.22 bits per heavy atom.